The van der Waals surface area contributed by atoms with E-state index >= 15 is 0 Å². The van der Waals surface area contributed by atoms with E-state index in [1.165, 1.54) is 11.3 Å². The fourth-order valence-electron chi connectivity index (χ4n) is 3.55. The van der Waals surface area contributed by atoms with Crippen molar-refractivity contribution in [3.05, 3.63) is 77.2 Å². The van der Waals surface area contributed by atoms with E-state index in [4.69, 9.17) is 18.9 Å². The second-order valence-electron chi connectivity index (χ2n) is 7.50. The predicted octanol–water partition coefficient (Wildman–Crippen LogP) is 5.06. The van der Waals surface area contributed by atoms with Crippen LogP contribution in [0.2, 0.25) is 0 Å². The first-order valence-corrected chi connectivity index (χ1v) is 11.6. The van der Waals surface area contributed by atoms with E-state index in [1.54, 1.807) is 20.3 Å². The number of benzene rings is 3. The molecule has 36 heavy (non-hydrogen) atoms. The molecule has 0 radical (unpaired) electrons. The lowest BCUT2D eigenvalue weighted by atomic mass is 10.2. The van der Waals surface area contributed by atoms with Gasteiger partial charge < -0.3 is 18.9 Å². The minimum Gasteiger partial charge on any atom is -0.493 e. The lowest BCUT2D eigenvalue weighted by Gasteiger charge is -2.11. The van der Waals surface area contributed by atoms with Crippen LogP contribution in [0.25, 0.3) is 10.1 Å². The summed E-state index contributed by atoms with van der Waals surface area (Å²) in [4.78, 5) is 13.4. The third-order valence-electron chi connectivity index (χ3n) is 5.19. The zero-order chi connectivity index (χ0) is 24.9. The van der Waals surface area contributed by atoms with Gasteiger partial charge in [-0.05, 0) is 41.1 Å². The lowest BCUT2D eigenvalue weighted by Crippen LogP contribution is -2.13. The van der Waals surface area contributed by atoms with Crippen molar-refractivity contribution >= 4 is 33.3 Å². The summed E-state index contributed by atoms with van der Waals surface area (Å²) in [5, 5.41) is 16.7. The number of fused-ring (bicyclic) bond motifs is 1. The maximum absolute atomic E-state index is 13.1. The van der Waals surface area contributed by atoms with Gasteiger partial charge in [-0.2, -0.15) is 5.21 Å². The molecular weight excluding hydrogens is 482 g/mol. The number of nitrogens with zero attached hydrogens (tertiary/aromatic N) is 3. The zero-order valence-corrected chi connectivity index (χ0v) is 20.2. The molecule has 2 heterocycles. The van der Waals surface area contributed by atoms with Crippen LogP contribution in [-0.4, -0.2) is 40.8 Å². The predicted molar refractivity (Wildman–Crippen MR) is 134 cm³/mol. The van der Waals surface area contributed by atoms with Crippen LogP contribution < -0.4 is 24.3 Å². The van der Waals surface area contributed by atoms with Crippen molar-refractivity contribution in [2.75, 3.05) is 19.5 Å². The van der Waals surface area contributed by atoms with Gasteiger partial charge in [-0.25, -0.2) is 0 Å². The normalized spacial score (nSPS) is 10.7. The van der Waals surface area contributed by atoms with Gasteiger partial charge in [0, 0.05) is 16.2 Å². The highest BCUT2D eigenvalue weighted by molar-refractivity contribution is 7.21. The molecule has 0 aliphatic heterocycles. The number of para-hydroxylation sites is 1. The average molecular weight is 504 g/mol. The fourth-order valence-corrected chi connectivity index (χ4v) is 4.60. The molecular formula is C25H21N5O5S. The number of carbonyl (C=O) groups is 1. The number of methoxy groups -OCH3 is 2. The van der Waals surface area contributed by atoms with Gasteiger partial charge >= 0.3 is 0 Å². The number of carbonyl (C=O) groups excluding carboxylic acids is 1. The van der Waals surface area contributed by atoms with Gasteiger partial charge in [0.2, 0.25) is 0 Å². The maximum Gasteiger partial charge on any atom is 0.272 e. The summed E-state index contributed by atoms with van der Waals surface area (Å²) in [7, 11) is 3.11. The number of tetrazole rings is 1. The Morgan fingerprint density at radius 3 is 2.50 bits per heavy atom. The zero-order valence-electron chi connectivity index (χ0n) is 19.3. The van der Waals surface area contributed by atoms with E-state index in [0.29, 0.717) is 33.3 Å². The Morgan fingerprint density at radius 2 is 1.75 bits per heavy atom. The van der Waals surface area contributed by atoms with Crippen LogP contribution in [0.5, 0.6) is 28.7 Å². The van der Waals surface area contributed by atoms with Crippen LogP contribution >= 0.6 is 11.3 Å². The van der Waals surface area contributed by atoms with Crippen LogP contribution in [0, 0.1) is 0 Å². The summed E-state index contributed by atoms with van der Waals surface area (Å²) in [6, 6.07) is 20.7. The van der Waals surface area contributed by atoms with Crippen LogP contribution in [0.15, 0.2) is 66.7 Å². The molecule has 182 valence electrons. The molecule has 0 spiro atoms. The molecule has 5 rings (SSSR count). The van der Waals surface area contributed by atoms with Gasteiger partial charge in [0.25, 0.3) is 11.9 Å². The van der Waals surface area contributed by atoms with Crippen molar-refractivity contribution in [2.45, 2.75) is 6.61 Å². The summed E-state index contributed by atoms with van der Waals surface area (Å²) in [5.74, 6) is 2.53. The second-order valence-corrected chi connectivity index (χ2v) is 8.56. The van der Waals surface area contributed by atoms with Gasteiger partial charge in [0.1, 0.15) is 23.0 Å². The first kappa shape index (κ1) is 23.1. The summed E-state index contributed by atoms with van der Waals surface area (Å²) < 4.78 is 23.8. The monoisotopic (exact) mass is 503 g/mol. The first-order chi connectivity index (χ1) is 17.6. The molecule has 1 amide bonds. The van der Waals surface area contributed by atoms with E-state index in [0.717, 1.165) is 16.0 Å². The van der Waals surface area contributed by atoms with Gasteiger partial charge in [-0.1, -0.05) is 35.4 Å². The minimum absolute atomic E-state index is 0.0596. The summed E-state index contributed by atoms with van der Waals surface area (Å²) >= 11 is 1.26. The summed E-state index contributed by atoms with van der Waals surface area (Å²) in [5.41, 5.74) is 0.868. The third kappa shape index (κ3) is 4.91. The number of anilines is 1. The number of hydrogen-bond donors (Lipinski definition) is 2. The highest BCUT2D eigenvalue weighted by Crippen LogP contribution is 2.44. The molecule has 0 atom stereocenters. The molecule has 3 aromatic carbocycles. The Morgan fingerprint density at radius 1 is 0.972 bits per heavy atom. The maximum atomic E-state index is 13.1. The number of nitrogens with one attached hydrogen (secondary N) is 2. The number of thiophene rings is 1. The second kappa shape index (κ2) is 10.3. The molecule has 0 aliphatic carbocycles. The number of rotatable bonds is 9. The van der Waals surface area contributed by atoms with Gasteiger partial charge in [-0.3, -0.25) is 10.1 Å². The Balaban J connectivity index is 1.46. The molecule has 0 aliphatic rings. The number of aromatic nitrogens is 4. The van der Waals surface area contributed by atoms with Crippen LogP contribution in [0.1, 0.15) is 15.2 Å². The number of H-pyrrole nitrogens is 1. The van der Waals surface area contributed by atoms with Crippen molar-refractivity contribution < 1.29 is 23.7 Å². The largest absolute Gasteiger partial charge is 0.493 e. The van der Waals surface area contributed by atoms with E-state index < -0.39 is 5.91 Å². The Bertz CT molecular complexity index is 1490. The SMILES string of the molecule is COc1cc2sc(C(=O)Nc3nn[nH]n3)c(OCc3cccc(Oc4ccccc4)c3)c2cc1OC. The van der Waals surface area contributed by atoms with Crippen molar-refractivity contribution in [3.63, 3.8) is 0 Å². The standard InChI is InChI=1S/C25H21N5O5S/c1-32-19-12-18-21(13-20(19)33-2)36-23(24(31)26-25-27-29-30-28-25)22(18)34-14-15-7-6-10-17(11-15)35-16-8-4-3-5-9-16/h3-13H,14H2,1-2H3,(H2,26,27,28,29,30,31). The molecule has 0 bridgehead atoms. The molecule has 2 N–H and O–H groups in total. The summed E-state index contributed by atoms with van der Waals surface area (Å²) in [6.07, 6.45) is 0. The molecule has 0 saturated heterocycles. The van der Waals surface area contributed by atoms with Crippen molar-refractivity contribution in [3.8, 4) is 28.7 Å². The fraction of sp³-hybridized carbons (Fsp3) is 0.120. The highest BCUT2D eigenvalue weighted by atomic mass is 32.1. The van der Waals surface area contributed by atoms with Crippen molar-refractivity contribution in [2.24, 2.45) is 0 Å². The number of amides is 1. The Labute approximate surface area is 209 Å². The number of ether oxygens (including phenoxy) is 4. The smallest absolute Gasteiger partial charge is 0.272 e. The number of hydrogen-bond acceptors (Lipinski definition) is 9. The van der Waals surface area contributed by atoms with Gasteiger partial charge in [0.15, 0.2) is 17.2 Å². The highest BCUT2D eigenvalue weighted by Gasteiger charge is 2.23. The van der Waals surface area contributed by atoms with Crippen LogP contribution in [0.3, 0.4) is 0 Å². The van der Waals surface area contributed by atoms with Gasteiger partial charge in [-0.15, -0.1) is 16.4 Å². The average Bonchev–Trinajstić information content (AvgIpc) is 3.54. The lowest BCUT2D eigenvalue weighted by molar-refractivity contribution is 0.102. The molecule has 11 heteroatoms. The number of aromatic amines is 1. The van der Waals surface area contributed by atoms with Crippen LogP contribution in [0.4, 0.5) is 5.95 Å². The van der Waals surface area contributed by atoms with Crippen molar-refractivity contribution in [1.29, 1.82) is 0 Å². The molecule has 10 nitrogen and oxygen atoms in total. The van der Waals surface area contributed by atoms with E-state index in [1.807, 2.05) is 60.7 Å². The van der Waals surface area contributed by atoms with Crippen molar-refractivity contribution in [1.82, 2.24) is 20.6 Å². The summed E-state index contributed by atoms with van der Waals surface area (Å²) in [6.45, 7) is 0.203. The minimum atomic E-state index is -0.424. The molecule has 0 saturated carbocycles. The molecule has 0 fully saturated rings. The first-order valence-electron chi connectivity index (χ1n) is 10.8. The van der Waals surface area contributed by atoms with Gasteiger partial charge in [0.05, 0.1) is 14.2 Å². The third-order valence-corrected chi connectivity index (χ3v) is 6.32. The topological polar surface area (TPSA) is 120 Å². The molecule has 2 aromatic heterocycles. The molecule has 5 aromatic rings. The van der Waals surface area contributed by atoms with E-state index in [9.17, 15) is 4.79 Å². The quantitative estimate of drug-likeness (QED) is 0.287. The van der Waals surface area contributed by atoms with Crippen LogP contribution in [-0.2, 0) is 6.61 Å². The Kier molecular flexibility index (Phi) is 6.63. The molecule has 0 unspecified atom stereocenters. The Hall–Kier alpha value is -4.64. The van der Waals surface area contributed by atoms with E-state index in [2.05, 4.69) is 25.9 Å². The van der Waals surface area contributed by atoms with E-state index in [-0.39, 0.29) is 12.6 Å².